The average Bonchev–Trinajstić information content (AvgIpc) is 2.38. The van der Waals surface area contributed by atoms with Crippen LogP contribution in [0.1, 0.15) is 57.8 Å². The molecule has 0 radical (unpaired) electrons. The Kier molecular flexibility index (Phi) is 8.65. The van der Waals surface area contributed by atoms with E-state index in [1.807, 2.05) is 0 Å². The van der Waals surface area contributed by atoms with Crippen molar-refractivity contribution in [1.29, 1.82) is 0 Å². The van der Waals surface area contributed by atoms with E-state index < -0.39 is 6.09 Å². The number of carboxylic acid groups (broad SMARTS) is 1. The predicted octanol–water partition coefficient (Wildman–Crippen LogP) is 2.20. The molecule has 5 nitrogen and oxygen atoms in total. The number of rotatable bonds is 1. The molecule has 19 heavy (non-hydrogen) atoms. The monoisotopic (exact) mass is 267 g/mol. The van der Waals surface area contributed by atoms with E-state index in [4.69, 9.17) is 5.11 Å². The minimum atomic E-state index is -0.906. The van der Waals surface area contributed by atoms with Crippen molar-refractivity contribution in [2.24, 2.45) is 0 Å². The molecule has 0 bridgehead atoms. The molecule has 1 aliphatic rings. The van der Waals surface area contributed by atoms with Gasteiger partial charge in [-0.15, -0.1) is 0 Å². The van der Waals surface area contributed by atoms with Crippen molar-refractivity contribution in [3.8, 4) is 12.0 Å². The van der Waals surface area contributed by atoms with Crippen LogP contribution in [-0.4, -0.2) is 23.8 Å². The fourth-order valence-corrected chi connectivity index (χ4v) is 2.24. The van der Waals surface area contributed by atoms with Crippen molar-refractivity contribution in [1.82, 2.24) is 16.2 Å². The van der Waals surface area contributed by atoms with Crippen LogP contribution in [0.15, 0.2) is 0 Å². The molecule has 1 unspecified atom stereocenters. The second-order valence-electron chi connectivity index (χ2n) is 4.95. The molecule has 0 aromatic rings. The molecule has 0 spiro atoms. The summed E-state index contributed by atoms with van der Waals surface area (Å²) in [4.78, 5) is 10.7. The fourth-order valence-electron chi connectivity index (χ4n) is 2.24. The SMILES string of the molecule is O=C(O)NC1CCCCCCC#CNNCCCC1. The summed E-state index contributed by atoms with van der Waals surface area (Å²) in [6.07, 6.45) is 8.46. The van der Waals surface area contributed by atoms with E-state index in [1.165, 1.54) is 6.42 Å². The van der Waals surface area contributed by atoms with Gasteiger partial charge in [0.1, 0.15) is 0 Å². The molecule has 0 aliphatic carbocycles. The van der Waals surface area contributed by atoms with Gasteiger partial charge in [0.05, 0.1) is 0 Å². The molecular weight excluding hydrogens is 242 g/mol. The molecule has 0 fully saturated rings. The molecule has 0 saturated heterocycles. The van der Waals surface area contributed by atoms with Gasteiger partial charge >= 0.3 is 6.09 Å². The lowest BCUT2D eigenvalue weighted by Gasteiger charge is -2.16. The van der Waals surface area contributed by atoms with Gasteiger partial charge in [-0.2, -0.15) is 0 Å². The quantitative estimate of drug-likeness (QED) is 0.550. The smallest absolute Gasteiger partial charge is 0.404 e. The Labute approximate surface area is 115 Å². The van der Waals surface area contributed by atoms with E-state index >= 15 is 0 Å². The van der Waals surface area contributed by atoms with Crippen molar-refractivity contribution < 1.29 is 9.90 Å². The van der Waals surface area contributed by atoms with E-state index in [2.05, 4.69) is 28.1 Å². The lowest BCUT2D eigenvalue weighted by Crippen LogP contribution is -2.34. The zero-order chi connectivity index (χ0) is 13.8. The topological polar surface area (TPSA) is 73.4 Å². The Morgan fingerprint density at radius 1 is 1.11 bits per heavy atom. The maximum absolute atomic E-state index is 10.7. The average molecular weight is 267 g/mol. The van der Waals surface area contributed by atoms with Crippen molar-refractivity contribution >= 4 is 6.09 Å². The van der Waals surface area contributed by atoms with E-state index in [0.717, 1.165) is 57.9 Å². The van der Waals surface area contributed by atoms with Gasteiger partial charge in [0.15, 0.2) is 0 Å². The summed E-state index contributed by atoms with van der Waals surface area (Å²) in [5.74, 6) is 3.08. The molecular formula is C14H25N3O2. The first kappa shape index (κ1) is 15.6. The molecule has 1 aliphatic heterocycles. The number of hydrogen-bond acceptors (Lipinski definition) is 3. The summed E-state index contributed by atoms with van der Waals surface area (Å²) < 4.78 is 0. The first-order valence-corrected chi connectivity index (χ1v) is 7.24. The highest BCUT2D eigenvalue weighted by molar-refractivity contribution is 5.64. The maximum atomic E-state index is 10.7. The van der Waals surface area contributed by atoms with Crippen LogP contribution in [0, 0.1) is 12.0 Å². The first-order chi connectivity index (χ1) is 9.29. The van der Waals surface area contributed by atoms with E-state index in [-0.39, 0.29) is 6.04 Å². The van der Waals surface area contributed by atoms with Crippen LogP contribution >= 0.6 is 0 Å². The second-order valence-corrected chi connectivity index (χ2v) is 4.95. The first-order valence-electron chi connectivity index (χ1n) is 7.24. The summed E-state index contributed by atoms with van der Waals surface area (Å²) in [5.41, 5.74) is 5.93. The number of hydrazine groups is 1. The van der Waals surface area contributed by atoms with Crippen molar-refractivity contribution in [3.63, 3.8) is 0 Å². The molecule has 0 aromatic heterocycles. The molecule has 1 amide bonds. The summed E-state index contributed by atoms with van der Waals surface area (Å²) >= 11 is 0. The molecule has 5 heteroatoms. The zero-order valence-corrected chi connectivity index (χ0v) is 11.5. The van der Waals surface area contributed by atoms with Crippen molar-refractivity contribution in [2.75, 3.05) is 6.54 Å². The molecule has 0 aromatic carbocycles. The van der Waals surface area contributed by atoms with Crippen LogP contribution < -0.4 is 16.2 Å². The van der Waals surface area contributed by atoms with Gasteiger partial charge in [0.2, 0.25) is 0 Å². The number of carbonyl (C=O) groups is 1. The summed E-state index contributed by atoms with van der Waals surface area (Å²) in [6, 6.07) is 2.99. The highest BCUT2D eigenvalue weighted by atomic mass is 16.4. The van der Waals surface area contributed by atoms with Crippen LogP contribution in [0.4, 0.5) is 4.79 Å². The zero-order valence-electron chi connectivity index (χ0n) is 11.5. The lowest BCUT2D eigenvalue weighted by molar-refractivity contribution is 0.187. The Balaban J connectivity index is 2.32. The number of amides is 1. The van der Waals surface area contributed by atoms with Gasteiger partial charge in [-0.25, -0.2) is 10.2 Å². The number of hydrogen-bond donors (Lipinski definition) is 4. The molecule has 108 valence electrons. The molecule has 1 rings (SSSR count). The predicted molar refractivity (Wildman–Crippen MR) is 75.4 cm³/mol. The highest BCUT2D eigenvalue weighted by Gasteiger charge is 2.10. The van der Waals surface area contributed by atoms with E-state index in [1.54, 1.807) is 0 Å². The van der Waals surface area contributed by atoms with Gasteiger partial charge in [0, 0.05) is 25.1 Å². The minimum absolute atomic E-state index is 0.104. The maximum Gasteiger partial charge on any atom is 0.404 e. The lowest BCUT2D eigenvalue weighted by atomic mass is 10.0. The number of nitrogens with one attached hydrogen (secondary N) is 3. The summed E-state index contributed by atoms with van der Waals surface area (Å²) in [7, 11) is 0. The van der Waals surface area contributed by atoms with Crippen LogP contribution in [0.2, 0.25) is 0 Å². The van der Waals surface area contributed by atoms with Gasteiger partial charge in [-0.1, -0.05) is 31.6 Å². The second kappa shape index (κ2) is 10.5. The third-order valence-electron chi connectivity index (χ3n) is 3.28. The molecule has 4 N–H and O–H groups in total. The van der Waals surface area contributed by atoms with Crippen LogP contribution in [0.5, 0.6) is 0 Å². The normalized spacial score (nSPS) is 22.8. The van der Waals surface area contributed by atoms with Crippen LogP contribution in [0.25, 0.3) is 0 Å². The Morgan fingerprint density at radius 2 is 1.84 bits per heavy atom. The summed E-state index contributed by atoms with van der Waals surface area (Å²) in [6.45, 7) is 0.856. The highest BCUT2D eigenvalue weighted by Crippen LogP contribution is 2.11. The van der Waals surface area contributed by atoms with Crippen molar-refractivity contribution in [2.45, 2.75) is 63.8 Å². The molecule has 1 atom stereocenters. The standard InChI is InChI=1S/C14H25N3O2/c18-14(19)17-13-9-5-3-1-2-4-7-11-15-16-12-8-6-10-13/h13,15-17H,1-6,8-10,12H2,(H,18,19). The summed E-state index contributed by atoms with van der Waals surface area (Å²) in [5, 5.41) is 11.5. The van der Waals surface area contributed by atoms with Crippen LogP contribution in [-0.2, 0) is 0 Å². The minimum Gasteiger partial charge on any atom is -0.465 e. The Hall–Kier alpha value is -1.41. The Bertz CT molecular complexity index is 290. The van der Waals surface area contributed by atoms with Gasteiger partial charge in [0.25, 0.3) is 0 Å². The van der Waals surface area contributed by atoms with Gasteiger partial charge in [-0.05, 0) is 25.7 Å². The largest absolute Gasteiger partial charge is 0.465 e. The van der Waals surface area contributed by atoms with Gasteiger partial charge < -0.3 is 10.4 Å². The van der Waals surface area contributed by atoms with Crippen LogP contribution in [0.3, 0.4) is 0 Å². The van der Waals surface area contributed by atoms with E-state index in [0.29, 0.717) is 0 Å². The van der Waals surface area contributed by atoms with Crippen molar-refractivity contribution in [3.05, 3.63) is 0 Å². The third kappa shape index (κ3) is 9.20. The van der Waals surface area contributed by atoms with E-state index in [9.17, 15) is 4.79 Å². The van der Waals surface area contributed by atoms with Gasteiger partial charge in [-0.3, -0.25) is 5.43 Å². The fraction of sp³-hybridized carbons (Fsp3) is 0.786. The Morgan fingerprint density at radius 3 is 2.63 bits per heavy atom. The third-order valence-corrected chi connectivity index (χ3v) is 3.28. The molecule has 1 heterocycles. The molecule has 0 saturated carbocycles.